The van der Waals surface area contributed by atoms with Gasteiger partial charge >= 0.3 is 6.18 Å². The zero-order valence-electron chi connectivity index (χ0n) is 8.64. The SMILES string of the molecule is Nc1ccc([C@@H]2CCCN2)c(C(F)(F)F)c1. The van der Waals surface area contributed by atoms with E-state index in [0.29, 0.717) is 5.56 Å². The molecule has 1 aliphatic heterocycles. The van der Waals surface area contributed by atoms with Gasteiger partial charge in [0.05, 0.1) is 5.56 Å². The van der Waals surface area contributed by atoms with Gasteiger partial charge < -0.3 is 11.1 Å². The number of nitrogen functional groups attached to an aromatic ring is 1. The highest BCUT2D eigenvalue weighted by atomic mass is 19.4. The number of halogens is 3. The summed E-state index contributed by atoms with van der Waals surface area (Å²) in [6.45, 7) is 0.770. The normalized spacial score (nSPS) is 21.3. The van der Waals surface area contributed by atoms with Crippen LogP contribution in [0.4, 0.5) is 18.9 Å². The van der Waals surface area contributed by atoms with E-state index in [4.69, 9.17) is 5.73 Å². The van der Waals surface area contributed by atoms with Crippen LogP contribution in [0.1, 0.15) is 30.0 Å². The molecule has 0 saturated carbocycles. The van der Waals surface area contributed by atoms with Gasteiger partial charge in [0.1, 0.15) is 0 Å². The molecule has 0 spiro atoms. The Morgan fingerprint density at radius 2 is 2.06 bits per heavy atom. The van der Waals surface area contributed by atoms with Crippen molar-refractivity contribution in [2.45, 2.75) is 25.1 Å². The predicted octanol–water partition coefficient (Wildman–Crippen LogP) is 2.71. The first-order chi connectivity index (χ1) is 7.48. The second kappa shape index (κ2) is 3.97. The molecule has 2 rings (SSSR count). The Hall–Kier alpha value is -1.23. The molecule has 16 heavy (non-hydrogen) atoms. The van der Waals surface area contributed by atoms with E-state index in [1.807, 2.05) is 0 Å². The smallest absolute Gasteiger partial charge is 0.399 e. The third-order valence-corrected chi connectivity index (χ3v) is 2.82. The maximum Gasteiger partial charge on any atom is 0.416 e. The Kier molecular flexibility index (Phi) is 2.80. The Bertz CT molecular complexity index is 381. The third kappa shape index (κ3) is 2.14. The van der Waals surface area contributed by atoms with Gasteiger partial charge in [0.25, 0.3) is 0 Å². The minimum Gasteiger partial charge on any atom is -0.399 e. The highest BCUT2D eigenvalue weighted by Gasteiger charge is 2.35. The summed E-state index contributed by atoms with van der Waals surface area (Å²) in [5.74, 6) is 0. The molecule has 1 aromatic rings. The van der Waals surface area contributed by atoms with Gasteiger partial charge in [0.2, 0.25) is 0 Å². The van der Waals surface area contributed by atoms with Crippen LogP contribution in [0.15, 0.2) is 18.2 Å². The van der Waals surface area contributed by atoms with E-state index in [2.05, 4.69) is 5.32 Å². The fourth-order valence-corrected chi connectivity index (χ4v) is 2.07. The fraction of sp³-hybridized carbons (Fsp3) is 0.455. The van der Waals surface area contributed by atoms with Crippen LogP contribution in [0.3, 0.4) is 0 Å². The van der Waals surface area contributed by atoms with Gasteiger partial charge in [-0.25, -0.2) is 0 Å². The monoisotopic (exact) mass is 230 g/mol. The summed E-state index contributed by atoms with van der Waals surface area (Å²) in [6, 6.07) is 3.80. The Morgan fingerprint density at radius 3 is 2.62 bits per heavy atom. The van der Waals surface area contributed by atoms with E-state index in [1.54, 1.807) is 0 Å². The van der Waals surface area contributed by atoms with Crippen LogP contribution in [-0.4, -0.2) is 6.54 Å². The molecular formula is C11H13F3N2. The van der Waals surface area contributed by atoms with E-state index < -0.39 is 11.7 Å². The predicted molar refractivity (Wildman–Crippen MR) is 55.8 cm³/mol. The zero-order valence-corrected chi connectivity index (χ0v) is 8.64. The highest BCUT2D eigenvalue weighted by Crippen LogP contribution is 2.37. The number of anilines is 1. The molecule has 5 heteroatoms. The van der Waals surface area contributed by atoms with Crippen LogP contribution in [0.25, 0.3) is 0 Å². The first kappa shape index (κ1) is 11.3. The summed E-state index contributed by atoms with van der Waals surface area (Å²) in [7, 11) is 0. The van der Waals surface area contributed by atoms with Crippen LogP contribution >= 0.6 is 0 Å². The third-order valence-electron chi connectivity index (χ3n) is 2.82. The average molecular weight is 230 g/mol. The second-order valence-corrected chi connectivity index (χ2v) is 3.99. The van der Waals surface area contributed by atoms with Crippen LogP contribution in [-0.2, 0) is 6.18 Å². The molecule has 0 radical (unpaired) electrons. The highest BCUT2D eigenvalue weighted by molar-refractivity contribution is 5.47. The lowest BCUT2D eigenvalue weighted by Gasteiger charge is -2.18. The van der Waals surface area contributed by atoms with Crippen molar-refractivity contribution in [1.29, 1.82) is 0 Å². The van der Waals surface area contributed by atoms with Crippen molar-refractivity contribution in [2.24, 2.45) is 0 Å². The summed E-state index contributed by atoms with van der Waals surface area (Å²) in [5.41, 5.74) is 5.24. The van der Waals surface area contributed by atoms with Gasteiger partial charge in [-0.1, -0.05) is 6.07 Å². The quantitative estimate of drug-likeness (QED) is 0.728. The van der Waals surface area contributed by atoms with Gasteiger partial charge in [-0.15, -0.1) is 0 Å². The summed E-state index contributed by atoms with van der Waals surface area (Å²) in [5, 5.41) is 3.06. The van der Waals surface area contributed by atoms with Crippen molar-refractivity contribution in [1.82, 2.24) is 5.32 Å². The topological polar surface area (TPSA) is 38.0 Å². The summed E-state index contributed by atoms with van der Waals surface area (Å²) >= 11 is 0. The molecule has 0 unspecified atom stereocenters. The first-order valence-electron chi connectivity index (χ1n) is 5.18. The van der Waals surface area contributed by atoms with Crippen LogP contribution in [0.5, 0.6) is 0 Å². The van der Waals surface area contributed by atoms with Gasteiger partial charge in [0.15, 0.2) is 0 Å². The van der Waals surface area contributed by atoms with Crippen molar-refractivity contribution >= 4 is 5.69 Å². The largest absolute Gasteiger partial charge is 0.416 e. The average Bonchev–Trinajstić information content (AvgIpc) is 2.69. The molecule has 1 heterocycles. The molecule has 1 saturated heterocycles. The lowest BCUT2D eigenvalue weighted by atomic mass is 9.98. The summed E-state index contributed by atoms with van der Waals surface area (Å²) in [6.07, 6.45) is -2.69. The van der Waals surface area contributed by atoms with Crippen molar-refractivity contribution < 1.29 is 13.2 Å². The molecule has 1 aliphatic rings. The van der Waals surface area contributed by atoms with Crippen LogP contribution in [0, 0.1) is 0 Å². The van der Waals surface area contributed by atoms with Gasteiger partial charge in [-0.2, -0.15) is 13.2 Å². The van der Waals surface area contributed by atoms with E-state index in [1.165, 1.54) is 12.1 Å². The first-order valence-corrected chi connectivity index (χ1v) is 5.18. The van der Waals surface area contributed by atoms with Gasteiger partial charge in [0, 0.05) is 11.7 Å². The molecule has 0 aliphatic carbocycles. The molecular weight excluding hydrogens is 217 g/mol. The molecule has 0 amide bonds. The Labute approximate surface area is 91.6 Å². The molecule has 88 valence electrons. The Balaban J connectivity index is 2.43. The zero-order chi connectivity index (χ0) is 11.8. The van der Waals surface area contributed by atoms with E-state index in [-0.39, 0.29) is 11.7 Å². The van der Waals surface area contributed by atoms with Crippen molar-refractivity contribution in [3.05, 3.63) is 29.3 Å². The summed E-state index contributed by atoms with van der Waals surface area (Å²) in [4.78, 5) is 0. The lowest BCUT2D eigenvalue weighted by Crippen LogP contribution is -2.18. The number of hydrogen-bond donors (Lipinski definition) is 2. The van der Waals surface area contributed by atoms with Crippen molar-refractivity contribution in [3.8, 4) is 0 Å². The number of rotatable bonds is 1. The Morgan fingerprint density at radius 1 is 1.31 bits per heavy atom. The van der Waals surface area contributed by atoms with Crippen LogP contribution in [0.2, 0.25) is 0 Å². The number of benzene rings is 1. The van der Waals surface area contributed by atoms with Crippen LogP contribution < -0.4 is 11.1 Å². The van der Waals surface area contributed by atoms with Gasteiger partial charge in [-0.05, 0) is 37.1 Å². The van der Waals surface area contributed by atoms with Gasteiger partial charge in [-0.3, -0.25) is 0 Å². The lowest BCUT2D eigenvalue weighted by molar-refractivity contribution is -0.138. The molecule has 0 bridgehead atoms. The standard InChI is InChI=1S/C11H13F3N2/c12-11(13,14)9-6-7(15)3-4-8(9)10-2-1-5-16-10/h3-4,6,10,16H,1-2,5,15H2/t10-/m0/s1. The number of nitrogens with one attached hydrogen (secondary N) is 1. The molecule has 3 N–H and O–H groups in total. The molecule has 1 aromatic carbocycles. The minimum atomic E-state index is -4.34. The molecule has 0 aromatic heterocycles. The molecule has 1 fully saturated rings. The minimum absolute atomic E-state index is 0.147. The maximum absolute atomic E-state index is 12.8. The summed E-state index contributed by atoms with van der Waals surface area (Å²) < 4.78 is 38.4. The molecule has 2 nitrogen and oxygen atoms in total. The fourth-order valence-electron chi connectivity index (χ4n) is 2.07. The van der Waals surface area contributed by atoms with E-state index in [0.717, 1.165) is 25.5 Å². The van der Waals surface area contributed by atoms with E-state index >= 15 is 0 Å². The molecule has 1 atom stereocenters. The number of nitrogens with two attached hydrogens (primary N) is 1. The number of alkyl halides is 3. The number of hydrogen-bond acceptors (Lipinski definition) is 2. The van der Waals surface area contributed by atoms with Crippen molar-refractivity contribution in [3.63, 3.8) is 0 Å². The second-order valence-electron chi connectivity index (χ2n) is 3.99. The maximum atomic E-state index is 12.8. The van der Waals surface area contributed by atoms with E-state index in [9.17, 15) is 13.2 Å². The van der Waals surface area contributed by atoms with Crippen molar-refractivity contribution in [2.75, 3.05) is 12.3 Å².